The molecule has 0 spiro atoms. The largest absolute Gasteiger partial charge is 0.457 e. The van der Waals surface area contributed by atoms with E-state index in [2.05, 4.69) is 31.3 Å². The van der Waals surface area contributed by atoms with Gasteiger partial charge in [-0.2, -0.15) is 0 Å². The van der Waals surface area contributed by atoms with Crippen LogP contribution >= 0.6 is 0 Å². The molecule has 2 aromatic rings. The van der Waals surface area contributed by atoms with Crippen LogP contribution in [0.2, 0.25) is 0 Å². The van der Waals surface area contributed by atoms with Gasteiger partial charge >= 0.3 is 0 Å². The lowest BCUT2D eigenvalue weighted by atomic mass is 10.0. The van der Waals surface area contributed by atoms with E-state index in [4.69, 9.17) is 4.74 Å². The molecule has 2 rings (SSSR count). The zero-order chi connectivity index (χ0) is 15.1. The van der Waals surface area contributed by atoms with Crippen molar-refractivity contribution < 1.29 is 9.84 Å². The molecule has 0 aliphatic rings. The molecule has 0 aliphatic heterocycles. The number of hydrogen-bond donors (Lipinski definition) is 2. The van der Waals surface area contributed by atoms with E-state index >= 15 is 0 Å². The minimum Gasteiger partial charge on any atom is -0.457 e. The fourth-order valence-electron chi connectivity index (χ4n) is 2.40. The van der Waals surface area contributed by atoms with E-state index < -0.39 is 0 Å². The number of hydrogen-bond acceptors (Lipinski definition) is 3. The highest BCUT2D eigenvalue weighted by Gasteiger charge is 2.09. The SMILES string of the molecule is CCNC(CC)c1cccc(Oc2ccccc2CO)c1. The number of aliphatic hydroxyl groups is 1. The van der Waals surface area contributed by atoms with E-state index in [1.807, 2.05) is 36.4 Å². The maximum absolute atomic E-state index is 9.36. The van der Waals surface area contributed by atoms with Crippen LogP contribution in [0.25, 0.3) is 0 Å². The third kappa shape index (κ3) is 4.06. The summed E-state index contributed by atoms with van der Waals surface area (Å²) >= 11 is 0. The molecule has 2 N–H and O–H groups in total. The Morgan fingerprint density at radius 1 is 1.10 bits per heavy atom. The van der Waals surface area contributed by atoms with Crippen LogP contribution in [-0.4, -0.2) is 11.7 Å². The molecule has 0 amide bonds. The predicted octanol–water partition coefficient (Wildman–Crippen LogP) is 4.03. The van der Waals surface area contributed by atoms with Crippen molar-refractivity contribution in [1.82, 2.24) is 5.32 Å². The Labute approximate surface area is 126 Å². The van der Waals surface area contributed by atoms with Crippen LogP contribution in [0.4, 0.5) is 0 Å². The quantitative estimate of drug-likeness (QED) is 0.807. The Morgan fingerprint density at radius 2 is 1.90 bits per heavy atom. The summed E-state index contributed by atoms with van der Waals surface area (Å²) in [5, 5.41) is 12.8. The van der Waals surface area contributed by atoms with Crippen molar-refractivity contribution in [2.45, 2.75) is 32.9 Å². The molecule has 0 saturated carbocycles. The number of nitrogens with one attached hydrogen (secondary N) is 1. The van der Waals surface area contributed by atoms with E-state index in [9.17, 15) is 5.11 Å². The Balaban J connectivity index is 2.21. The third-order valence-electron chi connectivity index (χ3n) is 3.49. The van der Waals surface area contributed by atoms with Crippen LogP contribution in [0, 0.1) is 0 Å². The van der Waals surface area contributed by atoms with Crippen LogP contribution in [0.15, 0.2) is 48.5 Å². The molecule has 0 bridgehead atoms. The summed E-state index contributed by atoms with van der Waals surface area (Å²) in [7, 11) is 0. The predicted molar refractivity (Wildman–Crippen MR) is 85.6 cm³/mol. The Morgan fingerprint density at radius 3 is 2.62 bits per heavy atom. The highest BCUT2D eigenvalue weighted by atomic mass is 16.5. The van der Waals surface area contributed by atoms with E-state index in [1.165, 1.54) is 5.56 Å². The molecule has 0 heterocycles. The molecule has 0 aromatic heterocycles. The Hall–Kier alpha value is -1.84. The van der Waals surface area contributed by atoms with Crippen molar-refractivity contribution in [2.75, 3.05) is 6.54 Å². The maximum atomic E-state index is 9.36. The first-order valence-electron chi connectivity index (χ1n) is 7.48. The Bertz CT molecular complexity index is 569. The first-order valence-corrected chi connectivity index (χ1v) is 7.48. The summed E-state index contributed by atoms with van der Waals surface area (Å²) in [5.74, 6) is 1.50. The number of benzene rings is 2. The summed E-state index contributed by atoms with van der Waals surface area (Å²) in [5.41, 5.74) is 2.01. The second-order valence-electron chi connectivity index (χ2n) is 4.96. The lowest BCUT2D eigenvalue weighted by molar-refractivity contribution is 0.276. The number of rotatable bonds is 7. The molecule has 112 valence electrons. The lowest BCUT2D eigenvalue weighted by Crippen LogP contribution is -2.19. The van der Waals surface area contributed by atoms with Gasteiger partial charge in [0, 0.05) is 11.6 Å². The van der Waals surface area contributed by atoms with Crippen molar-refractivity contribution in [1.29, 1.82) is 0 Å². The molecule has 1 unspecified atom stereocenters. The molecule has 0 saturated heterocycles. The molecule has 0 fully saturated rings. The average molecular weight is 285 g/mol. The molecule has 21 heavy (non-hydrogen) atoms. The van der Waals surface area contributed by atoms with Crippen molar-refractivity contribution in [3.8, 4) is 11.5 Å². The van der Waals surface area contributed by atoms with Gasteiger partial charge in [0.05, 0.1) is 6.61 Å². The molecule has 1 atom stereocenters. The summed E-state index contributed by atoms with van der Waals surface area (Å²) in [6.45, 7) is 5.20. The third-order valence-corrected chi connectivity index (χ3v) is 3.49. The van der Waals surface area contributed by atoms with Crippen molar-refractivity contribution in [2.24, 2.45) is 0 Å². The monoisotopic (exact) mass is 285 g/mol. The molecule has 0 aliphatic carbocycles. The van der Waals surface area contributed by atoms with Crippen LogP contribution in [0.3, 0.4) is 0 Å². The van der Waals surface area contributed by atoms with Gasteiger partial charge in [0.25, 0.3) is 0 Å². The van der Waals surface area contributed by atoms with Gasteiger partial charge in [-0.1, -0.05) is 44.2 Å². The van der Waals surface area contributed by atoms with Crippen LogP contribution in [-0.2, 0) is 6.61 Å². The van der Waals surface area contributed by atoms with Gasteiger partial charge in [-0.05, 0) is 36.7 Å². The molecular weight excluding hydrogens is 262 g/mol. The topological polar surface area (TPSA) is 41.5 Å². The first-order chi connectivity index (χ1) is 10.3. The highest BCUT2D eigenvalue weighted by Crippen LogP contribution is 2.28. The second-order valence-corrected chi connectivity index (χ2v) is 4.96. The number of ether oxygens (including phenoxy) is 1. The molecule has 3 heteroatoms. The van der Waals surface area contributed by atoms with Crippen molar-refractivity contribution in [3.63, 3.8) is 0 Å². The highest BCUT2D eigenvalue weighted by molar-refractivity contribution is 5.39. The van der Waals surface area contributed by atoms with Crippen LogP contribution < -0.4 is 10.1 Å². The Kier molecular flexibility index (Phi) is 5.78. The minimum atomic E-state index is -0.0230. The maximum Gasteiger partial charge on any atom is 0.132 e. The fourth-order valence-corrected chi connectivity index (χ4v) is 2.40. The van der Waals surface area contributed by atoms with E-state index in [0.717, 1.165) is 24.3 Å². The van der Waals surface area contributed by atoms with Crippen molar-refractivity contribution >= 4 is 0 Å². The van der Waals surface area contributed by atoms with E-state index in [0.29, 0.717) is 11.8 Å². The van der Waals surface area contributed by atoms with Gasteiger partial charge in [-0.25, -0.2) is 0 Å². The van der Waals surface area contributed by atoms with Crippen LogP contribution in [0.1, 0.15) is 37.4 Å². The van der Waals surface area contributed by atoms with Gasteiger partial charge in [-0.3, -0.25) is 0 Å². The first kappa shape index (κ1) is 15.5. The minimum absolute atomic E-state index is 0.0230. The van der Waals surface area contributed by atoms with Gasteiger partial charge in [-0.15, -0.1) is 0 Å². The molecule has 3 nitrogen and oxygen atoms in total. The van der Waals surface area contributed by atoms with Gasteiger partial charge in [0.1, 0.15) is 11.5 Å². The van der Waals surface area contributed by atoms with E-state index in [1.54, 1.807) is 0 Å². The van der Waals surface area contributed by atoms with Gasteiger partial charge in [0.2, 0.25) is 0 Å². The smallest absolute Gasteiger partial charge is 0.132 e. The summed E-state index contributed by atoms with van der Waals surface area (Å²) in [6, 6.07) is 16.0. The zero-order valence-corrected chi connectivity index (χ0v) is 12.7. The second kappa shape index (κ2) is 7.81. The zero-order valence-electron chi connectivity index (χ0n) is 12.7. The molecular formula is C18H23NO2. The number of para-hydroxylation sites is 1. The normalized spacial score (nSPS) is 12.1. The molecule has 0 radical (unpaired) electrons. The lowest BCUT2D eigenvalue weighted by Gasteiger charge is -2.17. The number of aliphatic hydroxyl groups excluding tert-OH is 1. The average Bonchev–Trinajstić information content (AvgIpc) is 2.53. The van der Waals surface area contributed by atoms with Crippen molar-refractivity contribution in [3.05, 3.63) is 59.7 Å². The standard InChI is InChI=1S/C18H23NO2/c1-3-17(19-4-2)14-9-7-10-16(12-14)21-18-11-6-5-8-15(18)13-20/h5-12,17,19-20H,3-4,13H2,1-2H3. The fraction of sp³-hybridized carbons (Fsp3) is 0.333. The van der Waals surface area contributed by atoms with Crippen LogP contribution in [0.5, 0.6) is 11.5 Å². The summed E-state index contributed by atoms with van der Waals surface area (Å²) in [6.07, 6.45) is 1.03. The van der Waals surface area contributed by atoms with Gasteiger partial charge in [0.15, 0.2) is 0 Å². The molecule has 2 aromatic carbocycles. The summed E-state index contributed by atoms with van der Waals surface area (Å²) in [4.78, 5) is 0. The van der Waals surface area contributed by atoms with Gasteiger partial charge < -0.3 is 15.2 Å². The summed E-state index contributed by atoms with van der Waals surface area (Å²) < 4.78 is 5.93. The van der Waals surface area contributed by atoms with E-state index in [-0.39, 0.29) is 6.61 Å².